The standard InChI is InChI=1S/C18H16N6O/c1-24(2)17-21-16(20-14-10-8-13(12-19)9-11-14)22-18(23-17)25-15-6-4-3-5-7-15/h3-11H,1-2H3,(H,20,21,22,23). The predicted octanol–water partition coefficient (Wildman–Crippen LogP) is 3.35. The van der Waals surface area contributed by atoms with Gasteiger partial charge in [0.2, 0.25) is 11.9 Å². The van der Waals surface area contributed by atoms with E-state index in [4.69, 9.17) is 10.00 Å². The van der Waals surface area contributed by atoms with E-state index in [1.807, 2.05) is 44.4 Å². The Labute approximate surface area is 145 Å². The van der Waals surface area contributed by atoms with Gasteiger partial charge >= 0.3 is 6.01 Å². The van der Waals surface area contributed by atoms with Gasteiger partial charge in [0.05, 0.1) is 11.6 Å². The maximum absolute atomic E-state index is 8.87. The number of para-hydroxylation sites is 1. The fraction of sp³-hybridized carbons (Fsp3) is 0.111. The molecule has 3 rings (SSSR count). The molecule has 0 fully saturated rings. The van der Waals surface area contributed by atoms with E-state index in [1.165, 1.54) is 0 Å². The van der Waals surface area contributed by atoms with Crippen LogP contribution in [0.2, 0.25) is 0 Å². The highest BCUT2D eigenvalue weighted by molar-refractivity contribution is 5.56. The van der Waals surface area contributed by atoms with Gasteiger partial charge in [-0.1, -0.05) is 18.2 Å². The Balaban J connectivity index is 1.88. The van der Waals surface area contributed by atoms with Crippen molar-refractivity contribution in [2.45, 2.75) is 0 Å². The maximum Gasteiger partial charge on any atom is 0.328 e. The summed E-state index contributed by atoms with van der Waals surface area (Å²) in [5.41, 5.74) is 1.35. The molecule has 1 heterocycles. The minimum Gasteiger partial charge on any atom is -0.424 e. The highest BCUT2D eigenvalue weighted by Crippen LogP contribution is 2.22. The van der Waals surface area contributed by atoms with Crippen molar-refractivity contribution in [3.05, 3.63) is 60.2 Å². The van der Waals surface area contributed by atoms with Crippen molar-refractivity contribution in [2.24, 2.45) is 0 Å². The summed E-state index contributed by atoms with van der Waals surface area (Å²) in [5.74, 6) is 1.47. The number of nitriles is 1. The molecule has 0 aliphatic rings. The normalized spacial score (nSPS) is 9.96. The van der Waals surface area contributed by atoms with Gasteiger partial charge in [0, 0.05) is 19.8 Å². The van der Waals surface area contributed by atoms with Crippen molar-refractivity contribution in [3.8, 4) is 17.8 Å². The first kappa shape index (κ1) is 16.2. The van der Waals surface area contributed by atoms with E-state index in [2.05, 4.69) is 26.3 Å². The van der Waals surface area contributed by atoms with Crippen LogP contribution in [0.15, 0.2) is 54.6 Å². The summed E-state index contributed by atoms with van der Waals surface area (Å²) >= 11 is 0. The number of ether oxygens (including phenoxy) is 1. The molecule has 0 saturated heterocycles. The minimum absolute atomic E-state index is 0.195. The van der Waals surface area contributed by atoms with Gasteiger partial charge in [0.1, 0.15) is 5.75 Å². The van der Waals surface area contributed by atoms with Gasteiger partial charge in [-0.3, -0.25) is 0 Å². The zero-order valence-electron chi connectivity index (χ0n) is 13.8. The number of aromatic nitrogens is 3. The smallest absolute Gasteiger partial charge is 0.328 e. The summed E-state index contributed by atoms with van der Waals surface area (Å²) < 4.78 is 5.71. The summed E-state index contributed by atoms with van der Waals surface area (Å²) in [5, 5.41) is 12.0. The maximum atomic E-state index is 8.87. The number of rotatable bonds is 5. The van der Waals surface area contributed by atoms with Crippen LogP contribution in [0.25, 0.3) is 0 Å². The van der Waals surface area contributed by atoms with Crippen LogP contribution in [-0.4, -0.2) is 29.0 Å². The summed E-state index contributed by atoms with van der Waals surface area (Å²) in [7, 11) is 3.68. The van der Waals surface area contributed by atoms with Crippen LogP contribution in [0.1, 0.15) is 5.56 Å². The van der Waals surface area contributed by atoms with E-state index in [0.29, 0.717) is 23.2 Å². The van der Waals surface area contributed by atoms with Gasteiger partial charge in [-0.15, -0.1) is 0 Å². The average molecular weight is 332 g/mol. The van der Waals surface area contributed by atoms with Crippen LogP contribution >= 0.6 is 0 Å². The molecule has 0 amide bonds. The lowest BCUT2D eigenvalue weighted by Gasteiger charge is -2.13. The van der Waals surface area contributed by atoms with E-state index < -0.39 is 0 Å². The van der Waals surface area contributed by atoms with Crippen molar-refractivity contribution >= 4 is 17.6 Å². The molecule has 0 unspecified atom stereocenters. The molecule has 25 heavy (non-hydrogen) atoms. The lowest BCUT2D eigenvalue weighted by atomic mass is 10.2. The van der Waals surface area contributed by atoms with Crippen molar-refractivity contribution in [1.82, 2.24) is 15.0 Å². The molecule has 1 aromatic heterocycles. The van der Waals surface area contributed by atoms with Crippen LogP contribution in [0.5, 0.6) is 11.8 Å². The Bertz CT molecular complexity index is 888. The van der Waals surface area contributed by atoms with E-state index >= 15 is 0 Å². The van der Waals surface area contributed by atoms with Crippen LogP contribution < -0.4 is 15.0 Å². The summed E-state index contributed by atoms with van der Waals surface area (Å²) in [6.45, 7) is 0. The highest BCUT2D eigenvalue weighted by Gasteiger charge is 2.10. The zero-order chi connectivity index (χ0) is 17.6. The van der Waals surface area contributed by atoms with Crippen molar-refractivity contribution in [1.29, 1.82) is 5.26 Å². The quantitative estimate of drug-likeness (QED) is 0.766. The highest BCUT2D eigenvalue weighted by atomic mass is 16.5. The van der Waals surface area contributed by atoms with Crippen LogP contribution in [-0.2, 0) is 0 Å². The molecule has 0 atom stereocenters. The molecule has 3 aromatic rings. The predicted molar refractivity (Wildman–Crippen MR) is 95.1 cm³/mol. The first-order valence-corrected chi connectivity index (χ1v) is 7.57. The molecule has 2 aromatic carbocycles. The monoisotopic (exact) mass is 332 g/mol. The molecule has 0 saturated carbocycles. The third-order valence-corrected chi connectivity index (χ3v) is 3.23. The van der Waals surface area contributed by atoms with Gasteiger partial charge in [-0.25, -0.2) is 0 Å². The summed E-state index contributed by atoms with van der Waals surface area (Å²) in [6, 6.07) is 18.6. The van der Waals surface area contributed by atoms with E-state index in [-0.39, 0.29) is 6.01 Å². The number of nitrogens with one attached hydrogen (secondary N) is 1. The fourth-order valence-electron chi connectivity index (χ4n) is 2.00. The molecule has 7 heteroatoms. The van der Waals surface area contributed by atoms with E-state index in [1.54, 1.807) is 29.2 Å². The number of benzene rings is 2. The molecule has 0 radical (unpaired) electrons. The van der Waals surface area contributed by atoms with Crippen molar-refractivity contribution < 1.29 is 4.74 Å². The topological polar surface area (TPSA) is 87.0 Å². The molecule has 0 aliphatic heterocycles. The number of anilines is 3. The Morgan fingerprint density at radius 2 is 1.68 bits per heavy atom. The Morgan fingerprint density at radius 1 is 0.960 bits per heavy atom. The van der Waals surface area contributed by atoms with Crippen molar-refractivity contribution in [3.63, 3.8) is 0 Å². The zero-order valence-corrected chi connectivity index (χ0v) is 13.8. The third-order valence-electron chi connectivity index (χ3n) is 3.23. The third kappa shape index (κ3) is 4.20. The second-order valence-corrected chi connectivity index (χ2v) is 5.37. The van der Waals surface area contributed by atoms with Crippen molar-refractivity contribution in [2.75, 3.05) is 24.3 Å². The molecule has 1 N–H and O–H groups in total. The van der Waals surface area contributed by atoms with E-state index in [9.17, 15) is 0 Å². The second-order valence-electron chi connectivity index (χ2n) is 5.37. The van der Waals surface area contributed by atoms with Crippen LogP contribution in [0.4, 0.5) is 17.6 Å². The largest absolute Gasteiger partial charge is 0.424 e. The Morgan fingerprint density at radius 3 is 2.32 bits per heavy atom. The van der Waals surface area contributed by atoms with Gasteiger partial charge < -0.3 is 15.0 Å². The number of hydrogen-bond donors (Lipinski definition) is 1. The van der Waals surface area contributed by atoms with Gasteiger partial charge in [-0.05, 0) is 36.4 Å². The summed E-state index contributed by atoms with van der Waals surface area (Å²) in [6.07, 6.45) is 0. The second kappa shape index (κ2) is 7.27. The molecule has 7 nitrogen and oxygen atoms in total. The lowest BCUT2D eigenvalue weighted by molar-refractivity contribution is 0.441. The van der Waals surface area contributed by atoms with Crippen LogP contribution in [0, 0.1) is 11.3 Å². The van der Waals surface area contributed by atoms with Gasteiger partial charge in [0.15, 0.2) is 0 Å². The molecule has 0 bridgehead atoms. The minimum atomic E-state index is 0.195. The molecular weight excluding hydrogens is 316 g/mol. The van der Waals surface area contributed by atoms with Gasteiger partial charge in [-0.2, -0.15) is 20.2 Å². The molecule has 124 valence electrons. The SMILES string of the molecule is CN(C)c1nc(Nc2ccc(C#N)cc2)nc(Oc2ccccc2)n1. The average Bonchev–Trinajstić information content (AvgIpc) is 2.63. The van der Waals surface area contributed by atoms with E-state index in [0.717, 1.165) is 5.69 Å². The Hall–Kier alpha value is -3.66. The Kier molecular flexibility index (Phi) is 4.72. The molecule has 0 spiro atoms. The van der Waals surface area contributed by atoms with Crippen LogP contribution in [0.3, 0.4) is 0 Å². The first-order valence-electron chi connectivity index (χ1n) is 7.57. The number of nitrogens with zero attached hydrogens (tertiary/aromatic N) is 5. The van der Waals surface area contributed by atoms with Gasteiger partial charge in [0.25, 0.3) is 0 Å². The number of hydrogen-bond acceptors (Lipinski definition) is 7. The molecule has 0 aliphatic carbocycles. The first-order chi connectivity index (χ1) is 12.1. The molecular formula is C18H16N6O. The summed E-state index contributed by atoms with van der Waals surface area (Å²) in [4.78, 5) is 14.7. The fourth-order valence-corrected chi connectivity index (χ4v) is 2.00. The lowest BCUT2D eigenvalue weighted by Crippen LogP contribution is -2.15.